The minimum Gasteiger partial charge on any atom is -0.328 e. The number of hydrogen-bond donors (Lipinski definition) is 1. The first kappa shape index (κ1) is 26.2. The molecule has 2 heterocycles. The lowest BCUT2D eigenvalue weighted by molar-refractivity contribution is -0.143. The molecule has 0 bridgehead atoms. The highest BCUT2D eigenvalue weighted by Gasteiger charge is 2.37. The molecule has 6 rings (SSSR count). The van der Waals surface area contributed by atoms with Crippen molar-refractivity contribution in [3.63, 3.8) is 0 Å². The van der Waals surface area contributed by atoms with E-state index in [1.54, 1.807) is 12.1 Å². The molecular weight excluding hydrogens is 566 g/mol. The Bertz CT molecular complexity index is 1700. The molecule has 0 amide bonds. The molecule has 1 aliphatic carbocycles. The quantitative estimate of drug-likeness (QED) is 0.211. The summed E-state index contributed by atoms with van der Waals surface area (Å²) in [4.78, 5) is 4.62. The number of hydrogen-bond acceptors (Lipinski definition) is 5. The van der Waals surface area contributed by atoms with Crippen molar-refractivity contribution >= 4 is 33.2 Å². The standard InChI is InChI=1S/C26H15F8N5S/c27-16-3-1-12(2-4-16)22-35-20-11-19(18(28)10-21(20)39(22)17-5-6-17)36-24-38-37-23(40-24)13-7-14(25(29,30)31)9-15(8-13)26(32,33)34/h1-4,7-11,17H,5-6H2,(H,36,38). The number of imidazole rings is 1. The number of nitrogens with zero attached hydrogens (tertiary/aromatic N) is 4. The van der Waals surface area contributed by atoms with E-state index in [2.05, 4.69) is 20.5 Å². The summed E-state index contributed by atoms with van der Waals surface area (Å²) in [5, 5.41) is 9.90. The highest BCUT2D eigenvalue weighted by molar-refractivity contribution is 7.18. The van der Waals surface area contributed by atoms with Gasteiger partial charge in [-0.05, 0) is 61.4 Å². The van der Waals surface area contributed by atoms with Crippen molar-refractivity contribution in [1.82, 2.24) is 19.7 Å². The molecule has 0 radical (unpaired) electrons. The Kier molecular flexibility index (Phi) is 6.05. The lowest BCUT2D eigenvalue weighted by Crippen LogP contribution is -2.11. The third-order valence-electron chi connectivity index (χ3n) is 6.29. The first-order valence-electron chi connectivity index (χ1n) is 11.7. The fourth-order valence-electron chi connectivity index (χ4n) is 4.30. The Morgan fingerprint density at radius 3 is 2.05 bits per heavy atom. The maximum absolute atomic E-state index is 15.2. The van der Waals surface area contributed by atoms with Gasteiger partial charge in [-0.2, -0.15) is 26.3 Å². The van der Waals surface area contributed by atoms with E-state index < -0.39 is 40.7 Å². The van der Waals surface area contributed by atoms with E-state index in [1.165, 1.54) is 24.3 Å². The highest BCUT2D eigenvalue weighted by atomic mass is 32.1. The number of aromatic nitrogens is 4. The Morgan fingerprint density at radius 1 is 0.800 bits per heavy atom. The number of rotatable bonds is 5. The topological polar surface area (TPSA) is 55.6 Å². The van der Waals surface area contributed by atoms with Gasteiger partial charge in [-0.25, -0.2) is 13.8 Å². The van der Waals surface area contributed by atoms with Crippen LogP contribution in [-0.2, 0) is 12.4 Å². The smallest absolute Gasteiger partial charge is 0.328 e. The normalized spacial score (nSPS) is 14.2. The highest BCUT2D eigenvalue weighted by Crippen LogP contribution is 2.43. The van der Waals surface area contributed by atoms with Gasteiger partial charge in [0.25, 0.3) is 0 Å². The third kappa shape index (κ3) is 4.98. The van der Waals surface area contributed by atoms with Crippen molar-refractivity contribution in [2.45, 2.75) is 31.2 Å². The van der Waals surface area contributed by atoms with Crippen LogP contribution >= 0.6 is 11.3 Å². The number of benzene rings is 3. The van der Waals surface area contributed by atoms with E-state index in [0.29, 0.717) is 45.9 Å². The van der Waals surface area contributed by atoms with Gasteiger partial charge < -0.3 is 9.88 Å². The fraction of sp³-hybridized carbons (Fsp3) is 0.192. The average molecular weight is 581 g/mol. The first-order chi connectivity index (χ1) is 18.9. The molecule has 0 atom stereocenters. The number of anilines is 2. The summed E-state index contributed by atoms with van der Waals surface area (Å²) in [6, 6.07) is 9.68. The molecule has 1 saturated carbocycles. The molecule has 3 aromatic carbocycles. The van der Waals surface area contributed by atoms with Gasteiger partial charge in [0.2, 0.25) is 5.13 Å². The van der Waals surface area contributed by atoms with Gasteiger partial charge in [0.05, 0.1) is 27.8 Å². The van der Waals surface area contributed by atoms with Crippen LogP contribution in [0.2, 0.25) is 0 Å². The van der Waals surface area contributed by atoms with Crippen LogP contribution < -0.4 is 5.32 Å². The van der Waals surface area contributed by atoms with Crippen LogP contribution in [0.15, 0.2) is 54.6 Å². The first-order valence-corrected chi connectivity index (χ1v) is 12.6. The second-order valence-electron chi connectivity index (χ2n) is 9.20. The van der Waals surface area contributed by atoms with Gasteiger partial charge in [-0.3, -0.25) is 0 Å². The third-order valence-corrected chi connectivity index (χ3v) is 7.18. The summed E-state index contributed by atoms with van der Waals surface area (Å²) in [7, 11) is 0. The molecule has 0 saturated heterocycles. The van der Waals surface area contributed by atoms with E-state index in [9.17, 15) is 30.7 Å². The molecule has 5 nitrogen and oxygen atoms in total. The van der Waals surface area contributed by atoms with Crippen LogP contribution in [0.5, 0.6) is 0 Å². The average Bonchev–Trinajstić information content (AvgIpc) is 3.50. The van der Waals surface area contributed by atoms with Crippen LogP contribution in [0.1, 0.15) is 30.0 Å². The van der Waals surface area contributed by atoms with E-state index in [-0.39, 0.29) is 27.9 Å². The van der Waals surface area contributed by atoms with Crippen molar-refractivity contribution < 1.29 is 35.1 Å². The summed E-state index contributed by atoms with van der Waals surface area (Å²) in [6.45, 7) is 0. The number of fused-ring (bicyclic) bond motifs is 1. The summed E-state index contributed by atoms with van der Waals surface area (Å²) in [5.41, 5.74) is -1.88. The zero-order valence-corrected chi connectivity index (χ0v) is 20.7. The minimum atomic E-state index is -5.02. The lowest BCUT2D eigenvalue weighted by Gasteiger charge is -2.13. The Morgan fingerprint density at radius 2 is 1.45 bits per heavy atom. The molecule has 2 aromatic heterocycles. The van der Waals surface area contributed by atoms with Crippen LogP contribution in [0.25, 0.3) is 33.0 Å². The lowest BCUT2D eigenvalue weighted by atomic mass is 10.1. The molecule has 1 aliphatic rings. The molecule has 0 aliphatic heterocycles. The summed E-state index contributed by atoms with van der Waals surface area (Å²) < 4.78 is 110. The van der Waals surface area contributed by atoms with E-state index >= 15 is 4.39 Å². The van der Waals surface area contributed by atoms with Crippen LogP contribution in [0.4, 0.5) is 45.9 Å². The SMILES string of the molecule is Fc1ccc(-c2nc3cc(Nc4nnc(-c5cc(C(F)(F)F)cc(C(F)(F)F)c5)s4)c(F)cc3n2C2CC2)cc1. The maximum atomic E-state index is 15.2. The van der Waals surface area contributed by atoms with Gasteiger partial charge in [-0.15, -0.1) is 10.2 Å². The molecule has 40 heavy (non-hydrogen) atoms. The van der Waals surface area contributed by atoms with Gasteiger partial charge >= 0.3 is 12.4 Å². The number of halogens is 8. The minimum absolute atomic E-state index is 0.0231. The zero-order valence-electron chi connectivity index (χ0n) is 19.9. The second-order valence-corrected chi connectivity index (χ2v) is 10.2. The summed E-state index contributed by atoms with van der Waals surface area (Å²) in [6.07, 6.45) is -8.28. The van der Waals surface area contributed by atoms with Gasteiger partial charge in [0, 0.05) is 23.2 Å². The largest absolute Gasteiger partial charge is 0.416 e. The van der Waals surface area contributed by atoms with Gasteiger partial charge in [0.15, 0.2) is 0 Å². The van der Waals surface area contributed by atoms with E-state index in [0.717, 1.165) is 12.8 Å². The second kappa shape index (κ2) is 9.25. The van der Waals surface area contributed by atoms with Crippen molar-refractivity contribution in [3.05, 3.63) is 77.4 Å². The zero-order chi connectivity index (χ0) is 28.4. The monoisotopic (exact) mass is 581 g/mol. The van der Waals surface area contributed by atoms with Gasteiger partial charge in [0.1, 0.15) is 22.5 Å². The van der Waals surface area contributed by atoms with Crippen molar-refractivity contribution in [1.29, 1.82) is 0 Å². The molecular formula is C26H15F8N5S. The van der Waals surface area contributed by atoms with E-state index in [4.69, 9.17) is 0 Å². The maximum Gasteiger partial charge on any atom is 0.416 e. The Labute approximate surface area is 224 Å². The van der Waals surface area contributed by atoms with Crippen molar-refractivity contribution in [2.75, 3.05) is 5.32 Å². The van der Waals surface area contributed by atoms with Crippen LogP contribution in [0.3, 0.4) is 0 Å². The van der Waals surface area contributed by atoms with Crippen molar-refractivity contribution in [2.24, 2.45) is 0 Å². The summed E-state index contributed by atoms with van der Waals surface area (Å²) >= 11 is 0.659. The Balaban J connectivity index is 1.35. The molecule has 1 fully saturated rings. The predicted octanol–water partition coefficient (Wildman–Crippen LogP) is 8.62. The molecule has 0 unspecified atom stereocenters. The molecule has 206 valence electrons. The molecule has 14 heteroatoms. The van der Waals surface area contributed by atoms with Gasteiger partial charge in [-0.1, -0.05) is 11.3 Å². The number of alkyl halides is 6. The van der Waals surface area contributed by atoms with Crippen LogP contribution in [-0.4, -0.2) is 19.7 Å². The molecule has 0 spiro atoms. The fourth-order valence-corrected chi connectivity index (χ4v) is 5.04. The Hall–Kier alpha value is -4.07. The molecule has 5 aromatic rings. The van der Waals surface area contributed by atoms with E-state index in [1.807, 2.05) is 4.57 Å². The van der Waals surface area contributed by atoms with Crippen molar-refractivity contribution in [3.8, 4) is 22.0 Å². The number of nitrogens with one attached hydrogen (secondary N) is 1. The summed E-state index contributed by atoms with van der Waals surface area (Å²) in [5.74, 6) is -0.557. The predicted molar refractivity (Wildman–Crippen MR) is 132 cm³/mol. The molecule has 1 N–H and O–H groups in total. The van der Waals surface area contributed by atoms with Crippen LogP contribution in [0, 0.1) is 11.6 Å².